The van der Waals surface area contributed by atoms with Crippen LogP contribution in [0.15, 0.2) is 35.0 Å². The number of nitrogens with one attached hydrogen (secondary N) is 1. The number of thiophene rings is 1. The highest BCUT2D eigenvalue weighted by Gasteiger charge is 2.15. The van der Waals surface area contributed by atoms with E-state index in [9.17, 15) is 0 Å². The van der Waals surface area contributed by atoms with Crippen molar-refractivity contribution in [2.75, 3.05) is 6.54 Å². The first-order valence-corrected chi connectivity index (χ1v) is 7.55. The molecule has 2 heteroatoms. The summed E-state index contributed by atoms with van der Waals surface area (Å²) in [5.74, 6) is 0. The van der Waals surface area contributed by atoms with Gasteiger partial charge in [-0.2, -0.15) is 11.3 Å². The molecule has 0 saturated heterocycles. The molecule has 0 fully saturated rings. The third-order valence-corrected chi connectivity index (χ3v) is 4.19. The molecule has 96 valence electrons. The molecule has 0 aliphatic rings. The van der Waals surface area contributed by atoms with Gasteiger partial charge >= 0.3 is 0 Å². The molecule has 18 heavy (non-hydrogen) atoms. The predicted molar refractivity (Wildman–Crippen MR) is 80.4 cm³/mol. The van der Waals surface area contributed by atoms with Crippen LogP contribution in [0.1, 0.15) is 42.1 Å². The molecule has 1 N–H and O–H groups in total. The van der Waals surface area contributed by atoms with Crippen LogP contribution >= 0.6 is 11.3 Å². The van der Waals surface area contributed by atoms with Crippen LogP contribution < -0.4 is 5.32 Å². The van der Waals surface area contributed by atoms with E-state index in [1.54, 1.807) is 11.3 Å². The molecular formula is C16H21NS. The van der Waals surface area contributed by atoms with Crippen molar-refractivity contribution in [1.29, 1.82) is 0 Å². The van der Waals surface area contributed by atoms with E-state index in [0.717, 1.165) is 13.0 Å². The van der Waals surface area contributed by atoms with Crippen LogP contribution in [0.4, 0.5) is 0 Å². The van der Waals surface area contributed by atoms with E-state index >= 15 is 0 Å². The molecule has 1 aromatic carbocycles. The Hall–Kier alpha value is -1.12. The molecule has 0 aliphatic heterocycles. The minimum absolute atomic E-state index is 0.327. The minimum atomic E-state index is 0.327. The van der Waals surface area contributed by atoms with Crippen LogP contribution in [0, 0.1) is 6.92 Å². The Kier molecular flexibility index (Phi) is 4.56. The zero-order valence-corrected chi connectivity index (χ0v) is 12.2. The molecule has 2 rings (SSSR count). The zero-order valence-electron chi connectivity index (χ0n) is 11.4. The normalized spacial score (nSPS) is 12.6. The van der Waals surface area contributed by atoms with Gasteiger partial charge in [0.15, 0.2) is 0 Å². The quantitative estimate of drug-likeness (QED) is 0.843. The molecule has 0 amide bonds. The average molecular weight is 259 g/mol. The number of hydrogen-bond donors (Lipinski definition) is 1. The Morgan fingerprint density at radius 1 is 1.22 bits per heavy atom. The second kappa shape index (κ2) is 6.17. The molecule has 0 bridgehead atoms. The summed E-state index contributed by atoms with van der Waals surface area (Å²) in [5, 5.41) is 8.09. The molecule has 0 aliphatic carbocycles. The van der Waals surface area contributed by atoms with Gasteiger partial charge in [0.2, 0.25) is 0 Å². The van der Waals surface area contributed by atoms with Crippen molar-refractivity contribution < 1.29 is 0 Å². The molecule has 0 radical (unpaired) electrons. The number of benzene rings is 1. The van der Waals surface area contributed by atoms with Crippen LogP contribution in [0.3, 0.4) is 0 Å². The molecule has 1 aromatic heterocycles. The van der Waals surface area contributed by atoms with Gasteiger partial charge < -0.3 is 5.32 Å². The molecule has 1 nitrogen and oxygen atoms in total. The van der Waals surface area contributed by atoms with E-state index in [2.05, 4.69) is 61.1 Å². The number of rotatable bonds is 5. The molecule has 2 aromatic rings. The summed E-state index contributed by atoms with van der Waals surface area (Å²) in [4.78, 5) is 0. The lowest BCUT2D eigenvalue weighted by atomic mass is 9.96. The lowest BCUT2D eigenvalue weighted by molar-refractivity contribution is 0.629. The fraction of sp³-hybridized carbons (Fsp3) is 0.375. The largest absolute Gasteiger partial charge is 0.306 e. The maximum absolute atomic E-state index is 3.60. The van der Waals surface area contributed by atoms with Gasteiger partial charge in [-0.1, -0.05) is 38.1 Å². The van der Waals surface area contributed by atoms with E-state index in [-0.39, 0.29) is 0 Å². The SMILES string of the molecule is CCNC(c1cccc(CC)c1)c1cscc1C. The van der Waals surface area contributed by atoms with Gasteiger partial charge in [0.05, 0.1) is 6.04 Å². The molecule has 1 unspecified atom stereocenters. The summed E-state index contributed by atoms with van der Waals surface area (Å²) in [6.07, 6.45) is 1.09. The Labute approximate surface area is 114 Å². The van der Waals surface area contributed by atoms with E-state index in [1.807, 2.05) is 0 Å². The van der Waals surface area contributed by atoms with Crippen molar-refractivity contribution in [3.63, 3.8) is 0 Å². The van der Waals surface area contributed by atoms with Crippen molar-refractivity contribution in [2.45, 2.75) is 33.2 Å². The third kappa shape index (κ3) is 2.82. The maximum atomic E-state index is 3.60. The first-order chi connectivity index (χ1) is 8.76. The van der Waals surface area contributed by atoms with Gasteiger partial charge in [-0.3, -0.25) is 0 Å². The minimum Gasteiger partial charge on any atom is -0.306 e. The summed E-state index contributed by atoms with van der Waals surface area (Å²) < 4.78 is 0. The Morgan fingerprint density at radius 3 is 2.67 bits per heavy atom. The summed E-state index contributed by atoms with van der Waals surface area (Å²) in [7, 11) is 0. The van der Waals surface area contributed by atoms with Gasteiger partial charge in [-0.05, 0) is 52.9 Å². The van der Waals surface area contributed by atoms with E-state index in [4.69, 9.17) is 0 Å². The molecule has 0 spiro atoms. The van der Waals surface area contributed by atoms with E-state index in [1.165, 1.54) is 22.3 Å². The van der Waals surface area contributed by atoms with E-state index < -0.39 is 0 Å². The molecular weight excluding hydrogens is 238 g/mol. The highest BCUT2D eigenvalue weighted by atomic mass is 32.1. The first-order valence-electron chi connectivity index (χ1n) is 6.61. The van der Waals surface area contributed by atoms with E-state index in [0.29, 0.717) is 6.04 Å². The lowest BCUT2D eigenvalue weighted by Crippen LogP contribution is -2.22. The van der Waals surface area contributed by atoms with Crippen LogP contribution in [0.2, 0.25) is 0 Å². The van der Waals surface area contributed by atoms with Crippen molar-refractivity contribution in [3.05, 3.63) is 57.3 Å². The van der Waals surface area contributed by atoms with Crippen LogP contribution in [0.5, 0.6) is 0 Å². The zero-order chi connectivity index (χ0) is 13.0. The van der Waals surface area contributed by atoms with Crippen molar-refractivity contribution in [2.24, 2.45) is 0 Å². The smallest absolute Gasteiger partial charge is 0.0587 e. The lowest BCUT2D eigenvalue weighted by Gasteiger charge is -2.19. The van der Waals surface area contributed by atoms with Crippen LogP contribution in [-0.4, -0.2) is 6.54 Å². The molecule has 1 heterocycles. The fourth-order valence-electron chi connectivity index (χ4n) is 2.27. The van der Waals surface area contributed by atoms with Crippen molar-refractivity contribution >= 4 is 11.3 Å². The second-order valence-corrected chi connectivity index (χ2v) is 5.34. The predicted octanol–water partition coefficient (Wildman–Crippen LogP) is 4.32. The van der Waals surface area contributed by atoms with Gasteiger partial charge in [0.1, 0.15) is 0 Å². The molecule has 0 saturated carbocycles. The Bertz CT molecular complexity index is 501. The standard InChI is InChI=1S/C16H21NS/c1-4-13-7-6-8-14(9-13)16(17-5-2)15-11-18-10-12(15)3/h6-11,16-17H,4-5H2,1-3H3. The fourth-order valence-corrected chi connectivity index (χ4v) is 3.15. The maximum Gasteiger partial charge on any atom is 0.0587 e. The van der Waals surface area contributed by atoms with Crippen LogP contribution in [0.25, 0.3) is 0 Å². The van der Waals surface area contributed by atoms with Gasteiger partial charge in [0, 0.05) is 0 Å². The Balaban J connectivity index is 2.38. The summed E-state index contributed by atoms with van der Waals surface area (Å²) >= 11 is 1.79. The Morgan fingerprint density at radius 2 is 2.06 bits per heavy atom. The first kappa shape index (κ1) is 13.3. The summed E-state index contributed by atoms with van der Waals surface area (Å²) in [5.41, 5.74) is 5.57. The van der Waals surface area contributed by atoms with Crippen LogP contribution in [-0.2, 0) is 6.42 Å². The number of aryl methyl sites for hydroxylation is 2. The highest BCUT2D eigenvalue weighted by Crippen LogP contribution is 2.28. The average Bonchev–Trinajstić information content (AvgIpc) is 2.82. The van der Waals surface area contributed by atoms with Gasteiger partial charge in [-0.15, -0.1) is 0 Å². The van der Waals surface area contributed by atoms with Gasteiger partial charge in [-0.25, -0.2) is 0 Å². The highest BCUT2D eigenvalue weighted by molar-refractivity contribution is 7.08. The second-order valence-electron chi connectivity index (χ2n) is 4.60. The van der Waals surface area contributed by atoms with Gasteiger partial charge in [0.25, 0.3) is 0 Å². The topological polar surface area (TPSA) is 12.0 Å². The number of hydrogen-bond acceptors (Lipinski definition) is 2. The van der Waals surface area contributed by atoms with Crippen molar-refractivity contribution in [1.82, 2.24) is 5.32 Å². The third-order valence-electron chi connectivity index (χ3n) is 3.31. The molecule has 1 atom stereocenters. The van der Waals surface area contributed by atoms with Crippen molar-refractivity contribution in [3.8, 4) is 0 Å². The monoisotopic (exact) mass is 259 g/mol. The summed E-state index contributed by atoms with van der Waals surface area (Å²) in [6.45, 7) is 7.55. The summed E-state index contributed by atoms with van der Waals surface area (Å²) in [6, 6.07) is 9.24.